The number of aliphatic imine (C=N–C) groups is 1. The summed E-state index contributed by atoms with van der Waals surface area (Å²) in [6.45, 7) is 13.3. The van der Waals surface area contributed by atoms with Crippen LogP contribution in [0.3, 0.4) is 0 Å². The van der Waals surface area contributed by atoms with Crippen LogP contribution in [0.1, 0.15) is 26.3 Å². The first kappa shape index (κ1) is 25.6. The van der Waals surface area contributed by atoms with Gasteiger partial charge in [0.05, 0.1) is 5.56 Å². The summed E-state index contributed by atoms with van der Waals surface area (Å²) in [5, 5.41) is 2.68. The van der Waals surface area contributed by atoms with Gasteiger partial charge in [-0.05, 0) is 12.5 Å². The number of rotatable bonds is 1. The van der Waals surface area contributed by atoms with Crippen LogP contribution in [0.15, 0.2) is 72.3 Å². The Morgan fingerprint density at radius 1 is 1.12 bits per heavy atom. The highest BCUT2D eigenvalue weighted by molar-refractivity contribution is 6.47. The first-order chi connectivity index (χ1) is 12.3. The van der Waals surface area contributed by atoms with Crippen LogP contribution in [0.25, 0.3) is 0 Å². The SMILES string of the molecule is C/C=C1\CNC(=O)C1=NC.C=CC=C.CC.FC(F)(F)c1ccccc1. The van der Waals surface area contributed by atoms with Gasteiger partial charge in [0.25, 0.3) is 5.91 Å². The molecular formula is C20H27F3N2O. The minimum atomic E-state index is -4.21. The smallest absolute Gasteiger partial charge is 0.347 e. The Labute approximate surface area is 154 Å². The number of alkyl halides is 3. The van der Waals surface area contributed by atoms with Crippen molar-refractivity contribution < 1.29 is 18.0 Å². The highest BCUT2D eigenvalue weighted by Crippen LogP contribution is 2.28. The molecule has 1 amide bonds. The van der Waals surface area contributed by atoms with Crippen molar-refractivity contribution in [1.29, 1.82) is 0 Å². The van der Waals surface area contributed by atoms with Gasteiger partial charge in [-0.25, -0.2) is 0 Å². The van der Waals surface area contributed by atoms with E-state index >= 15 is 0 Å². The molecule has 144 valence electrons. The molecule has 1 N–H and O–H groups in total. The quantitative estimate of drug-likeness (QED) is 0.678. The molecule has 0 radical (unpaired) electrons. The van der Waals surface area contributed by atoms with Gasteiger partial charge in [-0.2, -0.15) is 13.2 Å². The lowest BCUT2D eigenvalue weighted by molar-refractivity contribution is -0.137. The Hall–Kier alpha value is -2.63. The zero-order valence-corrected chi connectivity index (χ0v) is 15.7. The summed E-state index contributed by atoms with van der Waals surface area (Å²) in [6, 6.07) is 6.36. The molecule has 1 aliphatic rings. The van der Waals surface area contributed by atoms with E-state index in [9.17, 15) is 18.0 Å². The molecule has 1 aliphatic heterocycles. The molecule has 1 aromatic rings. The van der Waals surface area contributed by atoms with E-state index in [0.29, 0.717) is 12.3 Å². The summed E-state index contributed by atoms with van der Waals surface area (Å²) < 4.78 is 35.4. The third-order valence-electron chi connectivity index (χ3n) is 2.80. The van der Waals surface area contributed by atoms with Gasteiger partial charge in [0.2, 0.25) is 0 Å². The lowest BCUT2D eigenvalue weighted by Gasteiger charge is -2.03. The highest BCUT2D eigenvalue weighted by Gasteiger charge is 2.29. The number of allylic oxidation sites excluding steroid dienone is 3. The van der Waals surface area contributed by atoms with Gasteiger partial charge in [-0.15, -0.1) is 0 Å². The molecular weight excluding hydrogens is 341 g/mol. The van der Waals surface area contributed by atoms with E-state index in [0.717, 1.165) is 17.7 Å². The molecule has 26 heavy (non-hydrogen) atoms. The van der Waals surface area contributed by atoms with Gasteiger partial charge in [0.15, 0.2) is 0 Å². The van der Waals surface area contributed by atoms with Gasteiger partial charge in [-0.1, -0.05) is 75.6 Å². The molecule has 1 aromatic carbocycles. The maximum absolute atomic E-state index is 11.8. The molecule has 0 aromatic heterocycles. The Bertz CT molecular complexity index is 597. The predicted octanol–water partition coefficient (Wildman–Crippen LogP) is 5.22. The van der Waals surface area contributed by atoms with Gasteiger partial charge in [0, 0.05) is 13.6 Å². The molecule has 0 saturated carbocycles. The summed E-state index contributed by atoms with van der Waals surface area (Å²) in [4.78, 5) is 14.7. The second-order valence-corrected chi connectivity index (χ2v) is 4.40. The lowest BCUT2D eigenvalue weighted by atomic mass is 10.2. The minimum absolute atomic E-state index is 0.0596. The Morgan fingerprint density at radius 2 is 1.62 bits per heavy atom. The van der Waals surface area contributed by atoms with Crippen molar-refractivity contribution in [1.82, 2.24) is 5.32 Å². The average molecular weight is 368 g/mol. The second-order valence-electron chi connectivity index (χ2n) is 4.40. The largest absolute Gasteiger partial charge is 0.416 e. The highest BCUT2D eigenvalue weighted by atomic mass is 19.4. The molecule has 0 aliphatic carbocycles. The van der Waals surface area contributed by atoms with E-state index in [1.54, 1.807) is 25.3 Å². The summed E-state index contributed by atoms with van der Waals surface area (Å²) in [7, 11) is 1.63. The van der Waals surface area contributed by atoms with Crippen LogP contribution in [0, 0.1) is 0 Å². The van der Waals surface area contributed by atoms with Gasteiger partial charge < -0.3 is 5.32 Å². The van der Waals surface area contributed by atoms with Crippen molar-refractivity contribution in [2.45, 2.75) is 26.9 Å². The molecule has 1 fully saturated rings. The van der Waals surface area contributed by atoms with E-state index in [1.165, 1.54) is 12.1 Å². The first-order valence-electron chi connectivity index (χ1n) is 8.08. The molecule has 3 nitrogen and oxygen atoms in total. The van der Waals surface area contributed by atoms with Crippen molar-refractivity contribution in [2.24, 2.45) is 4.99 Å². The van der Waals surface area contributed by atoms with Crippen LogP contribution >= 0.6 is 0 Å². The third-order valence-corrected chi connectivity index (χ3v) is 2.80. The Balaban J connectivity index is 0. The standard InChI is InChI=1S/C7H5F3.C7H10N2O.C4H6.C2H6/c8-7(9,10)6-4-2-1-3-5-6;1-3-5-4-9-7(10)6(5)8-2;1-3-4-2;1-2/h1-5H;3H,4H2,1-2H3,(H,9,10);3-4H,1-2H2;1-2H3/b;5-3+,8-6?;;. The van der Waals surface area contributed by atoms with E-state index in [4.69, 9.17) is 0 Å². The van der Waals surface area contributed by atoms with Crippen LogP contribution in [0.2, 0.25) is 0 Å². The molecule has 1 saturated heterocycles. The second kappa shape index (κ2) is 14.7. The van der Waals surface area contributed by atoms with Gasteiger partial charge >= 0.3 is 6.18 Å². The maximum Gasteiger partial charge on any atom is 0.416 e. The molecule has 0 atom stereocenters. The Morgan fingerprint density at radius 3 is 1.88 bits per heavy atom. The number of carbonyl (C=O) groups excluding carboxylic acids is 1. The molecule has 0 spiro atoms. The van der Waals surface area contributed by atoms with Crippen LogP contribution in [0.5, 0.6) is 0 Å². The lowest BCUT2D eigenvalue weighted by Crippen LogP contribution is -2.18. The van der Waals surface area contributed by atoms with Crippen molar-refractivity contribution in [3.05, 3.63) is 72.9 Å². The van der Waals surface area contributed by atoms with E-state index in [-0.39, 0.29) is 5.91 Å². The average Bonchev–Trinajstić information content (AvgIpc) is 3.04. The monoisotopic (exact) mass is 368 g/mol. The molecule has 2 rings (SSSR count). The number of hydrogen-bond donors (Lipinski definition) is 1. The summed E-state index contributed by atoms with van der Waals surface area (Å²) in [5.74, 6) is -0.0596. The molecule has 0 bridgehead atoms. The number of nitrogens with one attached hydrogen (secondary N) is 1. The van der Waals surface area contributed by atoms with Crippen LogP contribution in [-0.2, 0) is 11.0 Å². The zero-order chi connectivity index (χ0) is 20.6. The number of nitrogens with zero attached hydrogens (tertiary/aromatic N) is 1. The van der Waals surface area contributed by atoms with E-state index in [1.807, 2.05) is 26.8 Å². The van der Waals surface area contributed by atoms with E-state index in [2.05, 4.69) is 23.5 Å². The molecule has 6 heteroatoms. The van der Waals surface area contributed by atoms with Crippen LogP contribution in [-0.4, -0.2) is 25.2 Å². The fourth-order valence-corrected chi connectivity index (χ4v) is 1.60. The molecule has 1 heterocycles. The number of benzene rings is 1. The normalized spacial score (nSPS) is 15.4. The topological polar surface area (TPSA) is 41.5 Å². The predicted molar refractivity (Wildman–Crippen MR) is 103 cm³/mol. The van der Waals surface area contributed by atoms with Gasteiger partial charge in [0.1, 0.15) is 5.71 Å². The van der Waals surface area contributed by atoms with Crippen molar-refractivity contribution in [3.8, 4) is 0 Å². The van der Waals surface area contributed by atoms with E-state index < -0.39 is 11.7 Å². The maximum atomic E-state index is 11.8. The number of carbonyl (C=O) groups is 1. The van der Waals surface area contributed by atoms with Crippen molar-refractivity contribution in [3.63, 3.8) is 0 Å². The summed E-state index contributed by atoms with van der Waals surface area (Å²) >= 11 is 0. The summed E-state index contributed by atoms with van der Waals surface area (Å²) in [5.41, 5.74) is 0.963. The fourth-order valence-electron chi connectivity index (χ4n) is 1.60. The first-order valence-corrected chi connectivity index (χ1v) is 8.08. The molecule has 0 unspecified atom stereocenters. The van der Waals surface area contributed by atoms with Crippen LogP contribution < -0.4 is 5.32 Å². The Kier molecular flexibility index (Phi) is 14.5. The number of halogens is 3. The van der Waals surface area contributed by atoms with Crippen LogP contribution in [0.4, 0.5) is 13.2 Å². The third kappa shape index (κ3) is 10.3. The fraction of sp³-hybridized carbons (Fsp3) is 0.300. The van der Waals surface area contributed by atoms with Gasteiger partial charge in [-0.3, -0.25) is 9.79 Å². The van der Waals surface area contributed by atoms with Crippen molar-refractivity contribution >= 4 is 11.6 Å². The number of amides is 1. The minimum Gasteiger partial charge on any atom is -0.347 e. The zero-order valence-electron chi connectivity index (χ0n) is 15.7. The summed E-state index contributed by atoms with van der Waals surface area (Å²) in [6.07, 6.45) is 0.974. The number of hydrogen-bond acceptors (Lipinski definition) is 2. The van der Waals surface area contributed by atoms with Crippen molar-refractivity contribution in [2.75, 3.05) is 13.6 Å².